The Morgan fingerprint density at radius 2 is 2.15 bits per heavy atom. The first-order chi connectivity index (χ1) is 5.94. The van der Waals surface area contributed by atoms with Crippen molar-refractivity contribution in [2.75, 3.05) is 20.2 Å². The quantitative estimate of drug-likeness (QED) is 0.644. The van der Waals surface area contributed by atoms with Gasteiger partial charge >= 0.3 is 0 Å². The van der Waals surface area contributed by atoms with Gasteiger partial charge in [0.2, 0.25) is 0 Å². The molecular weight excluding hydrogens is 168 g/mol. The van der Waals surface area contributed by atoms with E-state index >= 15 is 0 Å². The van der Waals surface area contributed by atoms with Crippen molar-refractivity contribution in [1.29, 1.82) is 0 Å². The van der Waals surface area contributed by atoms with Crippen LogP contribution in [0.15, 0.2) is 0 Å². The summed E-state index contributed by atoms with van der Waals surface area (Å²) >= 11 is 0. The van der Waals surface area contributed by atoms with E-state index in [9.17, 15) is 4.79 Å². The molecule has 4 heteroatoms. The number of methoxy groups -OCH3 is 1. The van der Waals surface area contributed by atoms with Gasteiger partial charge in [0.25, 0.3) is 5.91 Å². The fourth-order valence-electron chi connectivity index (χ4n) is 0.656. The number of carbonyl (C=O) groups excluding carboxylic acids is 1. The third-order valence-electron chi connectivity index (χ3n) is 2.07. The molecule has 1 amide bonds. The number of carbonyl (C=O) groups is 1. The number of hydrogen-bond donors (Lipinski definition) is 2. The van der Waals surface area contributed by atoms with Gasteiger partial charge in [-0.3, -0.25) is 4.79 Å². The summed E-state index contributed by atoms with van der Waals surface area (Å²) in [6, 6.07) is 0. The molecule has 0 rings (SSSR count). The van der Waals surface area contributed by atoms with Crippen molar-refractivity contribution >= 4 is 5.91 Å². The highest BCUT2D eigenvalue weighted by Crippen LogP contribution is 2.06. The molecule has 0 aromatic rings. The van der Waals surface area contributed by atoms with Crippen LogP contribution >= 0.6 is 0 Å². The fraction of sp³-hybridized carbons (Fsp3) is 0.889. The van der Waals surface area contributed by atoms with Crippen LogP contribution in [-0.4, -0.2) is 31.7 Å². The first kappa shape index (κ1) is 12.4. The van der Waals surface area contributed by atoms with Crippen LogP contribution in [0.1, 0.15) is 20.8 Å². The maximum Gasteiger partial charge on any atom is 0.251 e. The molecule has 0 radical (unpaired) electrons. The standard InChI is InChI=1S/C9H20N2O2/c1-7(5-10)6-11-8(12)9(2,3)13-4/h7H,5-6,10H2,1-4H3,(H,11,12). The topological polar surface area (TPSA) is 64.3 Å². The molecule has 0 bridgehead atoms. The Kier molecular flexibility index (Phi) is 4.95. The third-order valence-corrected chi connectivity index (χ3v) is 2.07. The van der Waals surface area contributed by atoms with E-state index in [4.69, 9.17) is 10.5 Å². The zero-order valence-electron chi connectivity index (χ0n) is 8.89. The van der Waals surface area contributed by atoms with E-state index in [0.717, 1.165) is 0 Å². The second-order valence-electron chi connectivity index (χ2n) is 3.77. The molecule has 13 heavy (non-hydrogen) atoms. The van der Waals surface area contributed by atoms with Gasteiger partial charge in [-0.2, -0.15) is 0 Å². The highest BCUT2D eigenvalue weighted by atomic mass is 16.5. The van der Waals surface area contributed by atoms with Crippen LogP contribution in [0, 0.1) is 5.92 Å². The van der Waals surface area contributed by atoms with Gasteiger partial charge in [-0.1, -0.05) is 6.92 Å². The van der Waals surface area contributed by atoms with Crippen molar-refractivity contribution in [3.8, 4) is 0 Å². The van der Waals surface area contributed by atoms with Crippen LogP contribution < -0.4 is 11.1 Å². The lowest BCUT2D eigenvalue weighted by Crippen LogP contribution is -2.45. The normalized spacial score (nSPS) is 13.9. The van der Waals surface area contributed by atoms with E-state index in [2.05, 4.69) is 5.32 Å². The summed E-state index contributed by atoms with van der Waals surface area (Å²) in [4.78, 5) is 11.4. The summed E-state index contributed by atoms with van der Waals surface area (Å²) in [7, 11) is 1.52. The number of nitrogens with one attached hydrogen (secondary N) is 1. The molecule has 4 nitrogen and oxygen atoms in total. The zero-order valence-corrected chi connectivity index (χ0v) is 8.89. The Balaban J connectivity index is 3.88. The first-order valence-corrected chi connectivity index (χ1v) is 4.47. The fourth-order valence-corrected chi connectivity index (χ4v) is 0.656. The van der Waals surface area contributed by atoms with E-state index in [1.165, 1.54) is 7.11 Å². The molecule has 0 spiro atoms. The Morgan fingerprint density at radius 3 is 2.54 bits per heavy atom. The van der Waals surface area contributed by atoms with Crippen LogP contribution in [-0.2, 0) is 9.53 Å². The SMILES string of the molecule is COC(C)(C)C(=O)NCC(C)CN. The van der Waals surface area contributed by atoms with Gasteiger partial charge in [0.1, 0.15) is 5.60 Å². The highest BCUT2D eigenvalue weighted by molar-refractivity contribution is 5.84. The lowest BCUT2D eigenvalue weighted by molar-refractivity contribution is -0.139. The van der Waals surface area contributed by atoms with Crippen molar-refractivity contribution in [2.24, 2.45) is 11.7 Å². The molecular formula is C9H20N2O2. The molecule has 0 fully saturated rings. The Morgan fingerprint density at radius 1 is 1.62 bits per heavy atom. The average molecular weight is 188 g/mol. The van der Waals surface area contributed by atoms with Crippen molar-refractivity contribution in [3.05, 3.63) is 0 Å². The van der Waals surface area contributed by atoms with Gasteiger partial charge in [0.15, 0.2) is 0 Å². The molecule has 78 valence electrons. The van der Waals surface area contributed by atoms with Crippen LogP contribution in [0.3, 0.4) is 0 Å². The van der Waals surface area contributed by atoms with E-state index in [-0.39, 0.29) is 5.91 Å². The minimum Gasteiger partial charge on any atom is -0.369 e. The maximum atomic E-state index is 11.4. The summed E-state index contributed by atoms with van der Waals surface area (Å²) in [5, 5.41) is 2.78. The molecule has 0 aliphatic heterocycles. The predicted molar refractivity (Wildman–Crippen MR) is 52.3 cm³/mol. The van der Waals surface area contributed by atoms with Crippen molar-refractivity contribution in [1.82, 2.24) is 5.32 Å². The number of rotatable bonds is 5. The van der Waals surface area contributed by atoms with Crippen LogP contribution in [0.4, 0.5) is 0 Å². The second-order valence-corrected chi connectivity index (χ2v) is 3.77. The summed E-state index contributed by atoms with van der Waals surface area (Å²) in [6.07, 6.45) is 0. The number of ether oxygens (including phenoxy) is 1. The van der Waals surface area contributed by atoms with E-state index in [1.807, 2.05) is 6.92 Å². The minimum absolute atomic E-state index is 0.102. The average Bonchev–Trinajstić information content (AvgIpc) is 2.13. The molecule has 0 aliphatic carbocycles. The number of amides is 1. The molecule has 0 saturated heterocycles. The lowest BCUT2D eigenvalue weighted by atomic mass is 10.1. The van der Waals surface area contributed by atoms with Crippen LogP contribution in [0.25, 0.3) is 0 Å². The van der Waals surface area contributed by atoms with Gasteiger partial charge in [-0.05, 0) is 26.3 Å². The number of hydrogen-bond acceptors (Lipinski definition) is 3. The van der Waals surface area contributed by atoms with Gasteiger partial charge in [0, 0.05) is 13.7 Å². The summed E-state index contributed by atoms with van der Waals surface area (Å²) in [6.45, 7) is 6.63. The van der Waals surface area contributed by atoms with Crippen molar-refractivity contribution < 1.29 is 9.53 Å². The van der Waals surface area contributed by atoms with Gasteiger partial charge in [-0.25, -0.2) is 0 Å². The van der Waals surface area contributed by atoms with E-state index in [0.29, 0.717) is 19.0 Å². The Labute approximate surface area is 79.8 Å². The zero-order chi connectivity index (χ0) is 10.5. The van der Waals surface area contributed by atoms with Crippen molar-refractivity contribution in [2.45, 2.75) is 26.4 Å². The molecule has 0 saturated carbocycles. The lowest BCUT2D eigenvalue weighted by Gasteiger charge is -2.22. The molecule has 1 atom stereocenters. The Bertz CT molecular complexity index is 169. The highest BCUT2D eigenvalue weighted by Gasteiger charge is 2.26. The number of nitrogens with two attached hydrogens (primary N) is 1. The summed E-state index contributed by atoms with van der Waals surface area (Å²) in [5.41, 5.74) is 4.66. The largest absolute Gasteiger partial charge is 0.369 e. The van der Waals surface area contributed by atoms with E-state index in [1.54, 1.807) is 13.8 Å². The minimum atomic E-state index is -0.756. The van der Waals surface area contributed by atoms with Gasteiger partial charge in [0.05, 0.1) is 0 Å². The summed E-state index contributed by atoms with van der Waals surface area (Å²) in [5.74, 6) is 0.201. The molecule has 1 unspecified atom stereocenters. The van der Waals surface area contributed by atoms with Crippen molar-refractivity contribution in [3.63, 3.8) is 0 Å². The van der Waals surface area contributed by atoms with Crippen LogP contribution in [0.5, 0.6) is 0 Å². The second kappa shape index (κ2) is 5.19. The Hall–Kier alpha value is -0.610. The molecule has 0 aliphatic rings. The summed E-state index contributed by atoms with van der Waals surface area (Å²) < 4.78 is 5.02. The van der Waals surface area contributed by atoms with E-state index < -0.39 is 5.60 Å². The van der Waals surface area contributed by atoms with Gasteiger partial charge < -0.3 is 15.8 Å². The van der Waals surface area contributed by atoms with Crippen LogP contribution in [0.2, 0.25) is 0 Å². The maximum absolute atomic E-state index is 11.4. The van der Waals surface area contributed by atoms with Gasteiger partial charge in [-0.15, -0.1) is 0 Å². The third kappa shape index (κ3) is 4.24. The molecule has 0 heterocycles. The molecule has 0 aromatic heterocycles. The smallest absolute Gasteiger partial charge is 0.251 e. The first-order valence-electron chi connectivity index (χ1n) is 4.47. The monoisotopic (exact) mass is 188 g/mol. The molecule has 3 N–H and O–H groups in total. The molecule has 0 aromatic carbocycles. The predicted octanol–water partition coefficient (Wildman–Crippen LogP) is 0.122.